The summed E-state index contributed by atoms with van der Waals surface area (Å²) in [7, 11) is -3.65. The van der Waals surface area contributed by atoms with Crippen molar-refractivity contribution < 1.29 is 8.42 Å². The zero-order valence-corrected chi connectivity index (χ0v) is 10.7. The molecule has 1 heterocycles. The minimum Gasteiger partial charge on any atom is -0.360 e. The van der Waals surface area contributed by atoms with Gasteiger partial charge in [0.05, 0.1) is 16.8 Å². The first-order valence-corrected chi connectivity index (χ1v) is 6.88. The summed E-state index contributed by atoms with van der Waals surface area (Å²) in [6.45, 7) is 0. The molecule has 0 unspecified atom stereocenters. The van der Waals surface area contributed by atoms with E-state index in [2.05, 4.69) is 14.9 Å². The lowest BCUT2D eigenvalue weighted by Gasteiger charge is -2.02. The van der Waals surface area contributed by atoms with Crippen molar-refractivity contribution in [2.45, 2.75) is 4.90 Å². The van der Waals surface area contributed by atoms with Gasteiger partial charge in [-0.15, -0.1) is 0 Å². The van der Waals surface area contributed by atoms with E-state index >= 15 is 0 Å². The first kappa shape index (κ1) is 12.7. The van der Waals surface area contributed by atoms with Crippen LogP contribution in [0, 0.1) is 0 Å². The summed E-state index contributed by atoms with van der Waals surface area (Å²) < 4.78 is 23.6. The summed E-state index contributed by atoms with van der Waals surface area (Å²) in [5, 5.41) is 4.13. The highest BCUT2D eigenvalue weighted by Crippen LogP contribution is 2.13. The predicted octanol–water partition coefficient (Wildman–Crippen LogP) is 1.98. The van der Waals surface area contributed by atoms with E-state index in [1.54, 1.807) is 18.3 Å². The fraction of sp³-hybridized carbons (Fsp3) is 0. The van der Waals surface area contributed by atoms with E-state index in [9.17, 15) is 8.42 Å². The Labute approximate surface area is 110 Å². The molecule has 2 N–H and O–H groups in total. The van der Waals surface area contributed by atoms with Gasteiger partial charge in [-0.2, -0.15) is 13.5 Å². The van der Waals surface area contributed by atoms with Crippen molar-refractivity contribution >= 4 is 27.8 Å². The van der Waals surface area contributed by atoms with E-state index in [-0.39, 0.29) is 4.90 Å². The lowest BCUT2D eigenvalue weighted by Crippen LogP contribution is -2.18. The van der Waals surface area contributed by atoms with E-state index in [4.69, 9.17) is 11.6 Å². The molecule has 1 aromatic heterocycles. The molecule has 0 aliphatic rings. The van der Waals surface area contributed by atoms with Crippen LogP contribution in [0.2, 0.25) is 5.02 Å². The van der Waals surface area contributed by atoms with Gasteiger partial charge in [-0.3, -0.25) is 0 Å². The van der Waals surface area contributed by atoms with Crippen molar-refractivity contribution in [3.05, 3.63) is 53.3 Å². The number of nitrogens with zero attached hydrogens (tertiary/aromatic N) is 1. The molecule has 0 aliphatic carbocycles. The van der Waals surface area contributed by atoms with Crippen LogP contribution in [0.25, 0.3) is 0 Å². The van der Waals surface area contributed by atoms with Crippen molar-refractivity contribution in [1.82, 2.24) is 9.82 Å². The second kappa shape index (κ2) is 5.24. The Kier molecular flexibility index (Phi) is 3.69. The molecule has 0 amide bonds. The number of hydrazone groups is 1. The van der Waals surface area contributed by atoms with Gasteiger partial charge in [0.1, 0.15) is 0 Å². The number of nitrogens with one attached hydrogen (secondary N) is 2. The molecule has 0 saturated heterocycles. The normalized spacial score (nSPS) is 11.8. The van der Waals surface area contributed by atoms with Crippen LogP contribution < -0.4 is 4.83 Å². The average molecular weight is 284 g/mol. The van der Waals surface area contributed by atoms with E-state index < -0.39 is 10.0 Å². The number of aromatic nitrogens is 1. The molecule has 1 aromatic carbocycles. The summed E-state index contributed by atoms with van der Waals surface area (Å²) in [6, 6.07) is 9.38. The number of hydrogen-bond acceptors (Lipinski definition) is 3. The van der Waals surface area contributed by atoms with Crippen molar-refractivity contribution in [2.75, 3.05) is 0 Å². The third-order valence-corrected chi connectivity index (χ3v) is 3.61. The van der Waals surface area contributed by atoms with Crippen molar-refractivity contribution in [1.29, 1.82) is 0 Å². The SMILES string of the molecule is O=S(=O)(N/N=C/c1ccc[nH]1)c1ccc(Cl)cc1. The van der Waals surface area contributed by atoms with Gasteiger partial charge in [-0.05, 0) is 36.4 Å². The Hall–Kier alpha value is -1.79. The van der Waals surface area contributed by atoms with E-state index in [1.165, 1.54) is 30.5 Å². The van der Waals surface area contributed by atoms with Gasteiger partial charge in [0.2, 0.25) is 0 Å². The third kappa shape index (κ3) is 3.12. The first-order chi connectivity index (χ1) is 8.58. The highest BCUT2D eigenvalue weighted by Gasteiger charge is 2.11. The Morgan fingerprint density at radius 3 is 2.56 bits per heavy atom. The summed E-state index contributed by atoms with van der Waals surface area (Å²) in [4.78, 5) is 5.09. The van der Waals surface area contributed by atoms with Gasteiger partial charge < -0.3 is 4.98 Å². The first-order valence-electron chi connectivity index (χ1n) is 5.02. The number of hydrogen-bond donors (Lipinski definition) is 2. The molecule has 2 aromatic rings. The van der Waals surface area contributed by atoms with Crippen LogP contribution in [0.15, 0.2) is 52.6 Å². The van der Waals surface area contributed by atoms with Crippen LogP contribution in [-0.4, -0.2) is 19.6 Å². The van der Waals surface area contributed by atoms with Crippen LogP contribution in [0.5, 0.6) is 0 Å². The van der Waals surface area contributed by atoms with Gasteiger partial charge >= 0.3 is 0 Å². The molecule has 2 rings (SSSR count). The van der Waals surface area contributed by atoms with Crippen molar-refractivity contribution in [3.63, 3.8) is 0 Å². The molecule has 0 spiro atoms. The smallest absolute Gasteiger partial charge is 0.276 e. The molecule has 7 heteroatoms. The molecule has 0 radical (unpaired) electrons. The van der Waals surface area contributed by atoms with Gasteiger partial charge in [-0.25, -0.2) is 4.83 Å². The molecule has 0 aliphatic heterocycles. The molecule has 18 heavy (non-hydrogen) atoms. The zero-order valence-electron chi connectivity index (χ0n) is 9.17. The Balaban J connectivity index is 2.10. The van der Waals surface area contributed by atoms with Crippen LogP contribution in [0.1, 0.15) is 5.69 Å². The van der Waals surface area contributed by atoms with Crippen molar-refractivity contribution in [3.8, 4) is 0 Å². The van der Waals surface area contributed by atoms with E-state index in [1.807, 2.05) is 0 Å². The standard InChI is InChI=1S/C11H10ClN3O2S/c12-9-3-5-11(6-4-9)18(16,17)15-14-8-10-2-1-7-13-10/h1-8,13,15H/b14-8+. The summed E-state index contributed by atoms with van der Waals surface area (Å²) in [5.41, 5.74) is 0.703. The second-order valence-electron chi connectivity index (χ2n) is 3.43. The maximum Gasteiger partial charge on any atom is 0.276 e. The number of rotatable bonds is 4. The summed E-state index contributed by atoms with van der Waals surface area (Å²) in [5.74, 6) is 0. The minimum atomic E-state index is -3.65. The van der Waals surface area contributed by atoms with Gasteiger partial charge in [0.25, 0.3) is 10.0 Å². The maximum absolute atomic E-state index is 11.8. The van der Waals surface area contributed by atoms with E-state index in [0.29, 0.717) is 10.7 Å². The predicted molar refractivity (Wildman–Crippen MR) is 70.2 cm³/mol. The minimum absolute atomic E-state index is 0.107. The van der Waals surface area contributed by atoms with Crippen LogP contribution in [-0.2, 0) is 10.0 Å². The lowest BCUT2D eigenvalue weighted by molar-refractivity contribution is 0.584. The quantitative estimate of drug-likeness (QED) is 0.665. The lowest BCUT2D eigenvalue weighted by atomic mass is 10.4. The molecule has 0 atom stereocenters. The summed E-state index contributed by atoms with van der Waals surface area (Å²) >= 11 is 5.68. The fourth-order valence-electron chi connectivity index (χ4n) is 1.26. The molecule has 0 fully saturated rings. The zero-order chi connectivity index (χ0) is 13.0. The number of sulfonamides is 1. The topological polar surface area (TPSA) is 74.3 Å². The number of halogens is 1. The molecule has 5 nitrogen and oxygen atoms in total. The van der Waals surface area contributed by atoms with Crippen LogP contribution >= 0.6 is 11.6 Å². The third-order valence-electron chi connectivity index (χ3n) is 2.12. The van der Waals surface area contributed by atoms with Crippen LogP contribution in [0.4, 0.5) is 0 Å². The largest absolute Gasteiger partial charge is 0.360 e. The van der Waals surface area contributed by atoms with Gasteiger partial charge in [0.15, 0.2) is 0 Å². The highest BCUT2D eigenvalue weighted by molar-refractivity contribution is 7.89. The maximum atomic E-state index is 11.8. The summed E-state index contributed by atoms with van der Waals surface area (Å²) in [6.07, 6.45) is 3.10. The molecule has 0 saturated carbocycles. The van der Waals surface area contributed by atoms with E-state index in [0.717, 1.165) is 0 Å². The molecule has 94 valence electrons. The fourth-order valence-corrected chi connectivity index (χ4v) is 2.17. The van der Waals surface area contributed by atoms with Gasteiger partial charge in [-0.1, -0.05) is 11.6 Å². The number of aromatic amines is 1. The molecular formula is C11H10ClN3O2S. The molecular weight excluding hydrogens is 274 g/mol. The highest BCUT2D eigenvalue weighted by atomic mass is 35.5. The van der Waals surface area contributed by atoms with Crippen molar-refractivity contribution in [2.24, 2.45) is 5.10 Å². The Bertz CT molecular complexity index is 633. The number of benzene rings is 1. The second-order valence-corrected chi connectivity index (χ2v) is 5.53. The van der Waals surface area contributed by atoms with Crippen LogP contribution in [0.3, 0.4) is 0 Å². The monoisotopic (exact) mass is 283 g/mol. The van der Waals surface area contributed by atoms with Gasteiger partial charge in [0, 0.05) is 11.2 Å². The average Bonchev–Trinajstić information content (AvgIpc) is 2.82. The molecule has 0 bridgehead atoms. The Morgan fingerprint density at radius 2 is 1.94 bits per heavy atom. The Morgan fingerprint density at radius 1 is 1.22 bits per heavy atom. The number of H-pyrrole nitrogens is 1.